The topological polar surface area (TPSA) is 134 Å². The Hall–Kier alpha value is -2.84. The van der Waals surface area contributed by atoms with Crippen LogP contribution in [0.1, 0.15) is 46.5 Å². The Labute approximate surface area is 215 Å². The van der Waals surface area contributed by atoms with Crippen molar-refractivity contribution in [1.82, 2.24) is 20.9 Å². The van der Waals surface area contributed by atoms with Crippen LogP contribution in [0.5, 0.6) is 0 Å². The lowest BCUT2D eigenvalue weighted by Crippen LogP contribution is -2.57. The van der Waals surface area contributed by atoms with Gasteiger partial charge in [-0.1, -0.05) is 0 Å². The van der Waals surface area contributed by atoms with E-state index >= 15 is 0 Å². The van der Waals surface area contributed by atoms with Gasteiger partial charge in [0, 0.05) is 37.4 Å². The number of likely N-dealkylation sites (tertiary alicyclic amines) is 1. The molecule has 5 atom stereocenters. The van der Waals surface area contributed by atoms with Gasteiger partial charge in [0.1, 0.15) is 12.6 Å². The van der Waals surface area contributed by atoms with Crippen LogP contribution < -0.4 is 16.0 Å². The van der Waals surface area contributed by atoms with Gasteiger partial charge < -0.3 is 20.9 Å². The van der Waals surface area contributed by atoms with E-state index in [1.165, 1.54) is 0 Å². The van der Waals surface area contributed by atoms with E-state index < -0.39 is 96.5 Å². The first-order valence-corrected chi connectivity index (χ1v) is 12.2. The summed E-state index contributed by atoms with van der Waals surface area (Å²) in [5.41, 5.74) is -0.815. The second kappa shape index (κ2) is 10.7. The molecule has 15 heteroatoms. The molecule has 2 saturated heterocycles. The summed E-state index contributed by atoms with van der Waals surface area (Å²) in [6.45, 7) is 3.34. The van der Waals surface area contributed by atoms with E-state index in [4.69, 9.17) is 0 Å². The minimum absolute atomic E-state index is 0.260. The van der Waals surface area contributed by atoms with E-state index in [9.17, 15) is 45.9 Å². The summed E-state index contributed by atoms with van der Waals surface area (Å²) >= 11 is 0. The maximum atomic E-state index is 14.2. The molecule has 3 fully saturated rings. The number of rotatable bonds is 7. The van der Waals surface area contributed by atoms with Crippen LogP contribution in [-0.2, 0) is 28.7 Å². The molecular weight excluding hydrogens is 523 g/mol. The summed E-state index contributed by atoms with van der Waals surface area (Å²) < 4.78 is 69.6. The molecule has 0 bridgehead atoms. The summed E-state index contributed by atoms with van der Waals surface area (Å²) in [5, 5.41) is 7.23. The first kappa shape index (κ1) is 29.7. The fraction of sp³-hybridized carbons (Fsp3) is 0.783. The lowest BCUT2D eigenvalue weighted by Gasteiger charge is -2.30. The second-order valence-corrected chi connectivity index (χ2v) is 11.1. The molecule has 3 rings (SSSR count). The van der Waals surface area contributed by atoms with Crippen molar-refractivity contribution in [3.05, 3.63) is 0 Å². The van der Waals surface area contributed by atoms with Gasteiger partial charge in [0.2, 0.25) is 17.7 Å². The predicted octanol–water partition coefficient (Wildman–Crippen LogP) is 0.890. The number of ether oxygens (including phenoxy) is 1. The van der Waals surface area contributed by atoms with Crippen molar-refractivity contribution < 1.29 is 50.7 Å². The van der Waals surface area contributed by atoms with Crippen molar-refractivity contribution in [2.24, 2.45) is 17.8 Å². The first-order chi connectivity index (χ1) is 17.4. The van der Waals surface area contributed by atoms with Crippen molar-refractivity contribution in [1.29, 1.82) is 0 Å². The van der Waals surface area contributed by atoms with Crippen LogP contribution in [-0.4, -0.2) is 83.9 Å². The number of carbonyl (C=O) groups is 5. The molecule has 4 amide bonds. The largest absolute Gasteiger partial charge is 0.522 e. The maximum Gasteiger partial charge on any atom is 0.522 e. The van der Waals surface area contributed by atoms with Crippen LogP contribution >= 0.6 is 0 Å². The van der Waals surface area contributed by atoms with Crippen LogP contribution in [0, 0.1) is 17.8 Å². The Morgan fingerprint density at radius 3 is 2.37 bits per heavy atom. The molecule has 1 saturated carbocycles. The zero-order valence-corrected chi connectivity index (χ0v) is 21.1. The van der Waals surface area contributed by atoms with Crippen molar-refractivity contribution in [2.75, 3.05) is 19.7 Å². The molecule has 0 radical (unpaired) electrons. The average Bonchev–Trinajstić information content (AvgIpc) is 3.40. The molecular formula is C23H31F5N4O6. The number of fused-ring (bicyclic) bond motifs is 1. The lowest BCUT2D eigenvalue weighted by molar-refractivity contribution is -0.321. The maximum absolute atomic E-state index is 14.2. The molecule has 2 aliphatic heterocycles. The number of alkyl halides is 5. The Bertz CT molecular complexity index is 982. The van der Waals surface area contributed by atoms with Gasteiger partial charge in [-0.3, -0.25) is 28.7 Å². The Morgan fingerprint density at radius 1 is 1.16 bits per heavy atom. The van der Waals surface area contributed by atoms with Crippen molar-refractivity contribution in [3.63, 3.8) is 0 Å². The van der Waals surface area contributed by atoms with E-state index in [1.807, 2.05) is 0 Å². The van der Waals surface area contributed by atoms with E-state index in [2.05, 4.69) is 20.7 Å². The van der Waals surface area contributed by atoms with Gasteiger partial charge in [-0.15, -0.1) is 13.2 Å². The number of Topliss-reactive ketones (excluding diaryl/α,β-unsaturated/α-hetero) is 1. The zero-order chi connectivity index (χ0) is 28.6. The number of ketones is 1. The zero-order valence-electron chi connectivity index (χ0n) is 21.1. The fourth-order valence-electron chi connectivity index (χ4n) is 5.30. The van der Waals surface area contributed by atoms with Crippen molar-refractivity contribution >= 4 is 29.4 Å². The quantitative estimate of drug-likeness (QED) is 0.316. The van der Waals surface area contributed by atoms with Gasteiger partial charge in [0.15, 0.2) is 5.78 Å². The number of nitrogens with zero attached hydrogens (tertiary/aromatic N) is 1. The molecule has 0 aromatic carbocycles. The summed E-state index contributed by atoms with van der Waals surface area (Å²) in [4.78, 5) is 64.4. The van der Waals surface area contributed by atoms with Crippen LogP contribution in [0.3, 0.4) is 0 Å². The normalized spacial score (nSPS) is 27.5. The number of hydrogen-bond donors (Lipinski definition) is 3. The van der Waals surface area contributed by atoms with Crippen LogP contribution in [0.25, 0.3) is 0 Å². The summed E-state index contributed by atoms with van der Waals surface area (Å²) in [5.74, 6) is -10.7. The molecule has 3 aliphatic rings. The standard InChI is InChI=1S/C23H31F5N4O6/c1-21(2,3)31-19(36)20(37)32-9-12-7-22(24,25)8-13(12)16(32)18(35)30-14(6-11-4-5-29-17(11)34)15(33)10-38-23(26,27)28/h11-14,16H,4-10H2,1-3H3,(H,29,34)(H,30,35)(H,31,36). The van der Waals surface area contributed by atoms with E-state index in [1.54, 1.807) is 20.8 Å². The third-order valence-corrected chi connectivity index (χ3v) is 6.85. The van der Waals surface area contributed by atoms with Crippen LogP contribution in [0.15, 0.2) is 0 Å². The van der Waals surface area contributed by atoms with Gasteiger partial charge in [0.25, 0.3) is 0 Å². The van der Waals surface area contributed by atoms with Gasteiger partial charge in [0.05, 0.1) is 6.04 Å². The summed E-state index contributed by atoms with van der Waals surface area (Å²) in [6.07, 6.45) is -6.59. The number of carbonyl (C=O) groups excluding carboxylic acids is 5. The predicted molar refractivity (Wildman–Crippen MR) is 119 cm³/mol. The minimum atomic E-state index is -5.13. The molecule has 2 heterocycles. The minimum Gasteiger partial charge on any atom is -0.356 e. The SMILES string of the molecule is CC(C)(C)NC(=O)C(=O)N1CC2CC(F)(F)CC2C1C(=O)NC(CC1CCNC1=O)C(=O)COC(F)(F)F. The molecule has 214 valence electrons. The van der Waals surface area contributed by atoms with E-state index in [0.29, 0.717) is 0 Å². The third-order valence-electron chi connectivity index (χ3n) is 6.85. The molecule has 38 heavy (non-hydrogen) atoms. The number of nitrogens with one attached hydrogen (secondary N) is 3. The molecule has 1 aliphatic carbocycles. The molecule has 0 aromatic heterocycles. The highest BCUT2D eigenvalue weighted by molar-refractivity contribution is 6.35. The van der Waals surface area contributed by atoms with Crippen LogP contribution in [0.4, 0.5) is 22.0 Å². The second-order valence-electron chi connectivity index (χ2n) is 11.1. The Balaban J connectivity index is 1.84. The Kier molecular flexibility index (Phi) is 8.39. The number of hydrogen-bond acceptors (Lipinski definition) is 6. The fourth-order valence-corrected chi connectivity index (χ4v) is 5.30. The van der Waals surface area contributed by atoms with E-state index in [0.717, 1.165) is 4.90 Å². The average molecular weight is 555 g/mol. The Morgan fingerprint density at radius 2 is 1.82 bits per heavy atom. The monoisotopic (exact) mass is 554 g/mol. The van der Waals surface area contributed by atoms with Gasteiger partial charge in [-0.2, -0.15) is 0 Å². The third kappa shape index (κ3) is 7.38. The van der Waals surface area contributed by atoms with Crippen molar-refractivity contribution in [2.45, 2.75) is 76.4 Å². The molecule has 0 aromatic rings. The smallest absolute Gasteiger partial charge is 0.356 e. The van der Waals surface area contributed by atoms with Crippen molar-refractivity contribution in [3.8, 4) is 0 Å². The lowest BCUT2D eigenvalue weighted by atomic mass is 9.92. The van der Waals surface area contributed by atoms with Gasteiger partial charge in [-0.05, 0) is 45.4 Å². The molecule has 5 unspecified atom stereocenters. The van der Waals surface area contributed by atoms with Gasteiger partial charge >= 0.3 is 18.2 Å². The highest BCUT2D eigenvalue weighted by Gasteiger charge is 2.58. The highest BCUT2D eigenvalue weighted by Crippen LogP contribution is 2.49. The molecule has 0 spiro atoms. The summed E-state index contributed by atoms with van der Waals surface area (Å²) in [7, 11) is 0. The molecule has 3 N–H and O–H groups in total. The first-order valence-electron chi connectivity index (χ1n) is 12.2. The summed E-state index contributed by atoms with van der Waals surface area (Å²) in [6, 6.07) is -3.19. The number of halogens is 5. The number of amides is 4. The van der Waals surface area contributed by atoms with E-state index in [-0.39, 0.29) is 25.9 Å². The molecule has 10 nitrogen and oxygen atoms in total. The van der Waals surface area contributed by atoms with Gasteiger partial charge in [-0.25, -0.2) is 8.78 Å². The van der Waals surface area contributed by atoms with Crippen LogP contribution in [0.2, 0.25) is 0 Å². The highest BCUT2D eigenvalue weighted by atomic mass is 19.4.